The topological polar surface area (TPSA) is 21.3 Å². The van der Waals surface area contributed by atoms with Crippen LogP contribution in [0.15, 0.2) is 0 Å². The largest absolute Gasteiger partial charge is 0.381 e. The molecule has 1 aliphatic heterocycles. The molecule has 0 amide bonds. The number of hydrogen-bond donors (Lipinski definition) is 1. The molecule has 0 saturated carbocycles. The maximum absolute atomic E-state index is 5.34. The van der Waals surface area contributed by atoms with Crippen molar-refractivity contribution >= 4 is 0 Å². The molecule has 1 N–H and O–H groups in total. The van der Waals surface area contributed by atoms with Gasteiger partial charge in [-0.15, -0.1) is 0 Å². The van der Waals surface area contributed by atoms with E-state index in [1.54, 1.807) is 0 Å². The Morgan fingerprint density at radius 3 is 2.50 bits per heavy atom. The Bertz CT molecular complexity index is 108. The number of hydrogen-bond acceptors (Lipinski definition) is 2. The average Bonchev–Trinajstić information content (AvgIpc) is 2.15. The van der Waals surface area contributed by atoms with Gasteiger partial charge in [-0.1, -0.05) is 13.8 Å². The van der Waals surface area contributed by atoms with Crippen LogP contribution in [0, 0.1) is 5.92 Å². The second-order valence-corrected chi connectivity index (χ2v) is 3.52. The highest BCUT2D eigenvalue weighted by molar-refractivity contribution is 4.76. The first-order chi connectivity index (χ1) is 5.88. The van der Waals surface area contributed by atoms with Crippen LogP contribution in [0.2, 0.25) is 0 Å². The summed E-state index contributed by atoms with van der Waals surface area (Å²) in [6, 6.07) is 0.721. The van der Waals surface area contributed by atoms with Crippen molar-refractivity contribution in [2.75, 3.05) is 19.8 Å². The highest BCUT2D eigenvalue weighted by Gasteiger charge is 2.21. The highest BCUT2D eigenvalue weighted by Crippen LogP contribution is 2.20. The molecule has 0 aliphatic carbocycles. The van der Waals surface area contributed by atoms with E-state index >= 15 is 0 Å². The summed E-state index contributed by atoms with van der Waals surface area (Å²) < 4.78 is 5.34. The van der Waals surface area contributed by atoms with Gasteiger partial charge in [0.2, 0.25) is 0 Å². The van der Waals surface area contributed by atoms with Gasteiger partial charge in [0.25, 0.3) is 0 Å². The van der Waals surface area contributed by atoms with Gasteiger partial charge in [0.05, 0.1) is 0 Å². The van der Waals surface area contributed by atoms with Crippen molar-refractivity contribution in [3.63, 3.8) is 0 Å². The molecule has 1 rings (SSSR count). The van der Waals surface area contributed by atoms with Crippen LogP contribution in [0.1, 0.15) is 33.1 Å². The van der Waals surface area contributed by atoms with Gasteiger partial charge in [-0.25, -0.2) is 0 Å². The Kier molecular flexibility index (Phi) is 4.62. The molecule has 0 spiro atoms. The van der Waals surface area contributed by atoms with Crippen LogP contribution in [-0.2, 0) is 4.74 Å². The van der Waals surface area contributed by atoms with Crippen LogP contribution in [0.5, 0.6) is 0 Å². The van der Waals surface area contributed by atoms with Gasteiger partial charge < -0.3 is 10.1 Å². The van der Waals surface area contributed by atoms with Crippen molar-refractivity contribution in [1.29, 1.82) is 0 Å². The summed E-state index contributed by atoms with van der Waals surface area (Å²) in [6.45, 7) is 7.47. The summed E-state index contributed by atoms with van der Waals surface area (Å²) in [7, 11) is 0. The third kappa shape index (κ3) is 2.76. The Balaban J connectivity index is 2.29. The molecule has 2 nitrogen and oxygen atoms in total. The van der Waals surface area contributed by atoms with E-state index in [-0.39, 0.29) is 0 Å². The normalized spacial score (nSPS) is 22.5. The summed E-state index contributed by atoms with van der Waals surface area (Å²) >= 11 is 0. The fourth-order valence-corrected chi connectivity index (χ4v) is 2.02. The number of nitrogens with one attached hydrogen (secondary N) is 1. The van der Waals surface area contributed by atoms with E-state index in [9.17, 15) is 0 Å². The van der Waals surface area contributed by atoms with Gasteiger partial charge in [0.1, 0.15) is 0 Å². The zero-order valence-corrected chi connectivity index (χ0v) is 8.31. The molecular weight excluding hydrogens is 150 g/mol. The summed E-state index contributed by atoms with van der Waals surface area (Å²) in [4.78, 5) is 0. The van der Waals surface area contributed by atoms with E-state index in [1.807, 2.05) is 0 Å². The molecule has 1 atom stereocenters. The van der Waals surface area contributed by atoms with Crippen molar-refractivity contribution in [3.05, 3.63) is 0 Å². The zero-order chi connectivity index (χ0) is 8.81. The Morgan fingerprint density at radius 1 is 1.33 bits per heavy atom. The highest BCUT2D eigenvalue weighted by atomic mass is 16.5. The first kappa shape index (κ1) is 10.0. The SMILES string of the molecule is CCNC(CC)C1CCOCC1. The summed E-state index contributed by atoms with van der Waals surface area (Å²) in [5.41, 5.74) is 0. The van der Waals surface area contributed by atoms with E-state index in [0.29, 0.717) is 0 Å². The zero-order valence-electron chi connectivity index (χ0n) is 8.31. The van der Waals surface area contributed by atoms with Gasteiger partial charge >= 0.3 is 0 Å². The van der Waals surface area contributed by atoms with Crippen LogP contribution in [-0.4, -0.2) is 25.8 Å². The lowest BCUT2D eigenvalue weighted by Gasteiger charge is -2.30. The molecule has 1 unspecified atom stereocenters. The van der Waals surface area contributed by atoms with E-state index in [1.165, 1.54) is 19.3 Å². The maximum Gasteiger partial charge on any atom is 0.0469 e. The average molecular weight is 171 g/mol. The van der Waals surface area contributed by atoms with Crippen molar-refractivity contribution < 1.29 is 4.74 Å². The molecule has 0 aromatic carbocycles. The quantitative estimate of drug-likeness (QED) is 0.696. The van der Waals surface area contributed by atoms with Crippen LogP contribution in [0.3, 0.4) is 0 Å². The summed E-state index contributed by atoms with van der Waals surface area (Å²) in [5, 5.41) is 3.55. The molecule has 1 fully saturated rings. The molecule has 0 bridgehead atoms. The predicted octanol–water partition coefficient (Wildman–Crippen LogP) is 1.80. The first-order valence-corrected chi connectivity index (χ1v) is 5.19. The molecule has 1 aliphatic rings. The Hall–Kier alpha value is -0.0800. The van der Waals surface area contributed by atoms with Crippen LogP contribution < -0.4 is 5.32 Å². The van der Waals surface area contributed by atoms with E-state index in [2.05, 4.69) is 19.2 Å². The summed E-state index contributed by atoms with van der Waals surface area (Å²) in [6.07, 6.45) is 3.73. The van der Waals surface area contributed by atoms with Gasteiger partial charge in [-0.05, 0) is 31.7 Å². The lowest BCUT2D eigenvalue weighted by atomic mass is 9.90. The first-order valence-electron chi connectivity index (χ1n) is 5.19. The van der Waals surface area contributed by atoms with Crippen molar-refractivity contribution in [1.82, 2.24) is 5.32 Å². The minimum Gasteiger partial charge on any atom is -0.381 e. The minimum absolute atomic E-state index is 0.721. The smallest absolute Gasteiger partial charge is 0.0469 e. The van der Waals surface area contributed by atoms with Gasteiger partial charge in [0, 0.05) is 19.3 Å². The molecule has 2 heteroatoms. The van der Waals surface area contributed by atoms with Gasteiger partial charge in [-0.3, -0.25) is 0 Å². The van der Waals surface area contributed by atoms with E-state index in [4.69, 9.17) is 4.74 Å². The molecular formula is C10H21NO. The molecule has 0 aromatic rings. The Morgan fingerprint density at radius 2 is 2.00 bits per heavy atom. The van der Waals surface area contributed by atoms with Gasteiger partial charge in [0.15, 0.2) is 0 Å². The monoisotopic (exact) mass is 171 g/mol. The fraction of sp³-hybridized carbons (Fsp3) is 1.00. The number of ether oxygens (including phenoxy) is 1. The van der Waals surface area contributed by atoms with Crippen molar-refractivity contribution in [3.8, 4) is 0 Å². The van der Waals surface area contributed by atoms with Crippen molar-refractivity contribution in [2.24, 2.45) is 5.92 Å². The maximum atomic E-state index is 5.34. The predicted molar refractivity (Wildman–Crippen MR) is 51.3 cm³/mol. The fourth-order valence-electron chi connectivity index (χ4n) is 2.02. The van der Waals surface area contributed by atoms with Gasteiger partial charge in [-0.2, -0.15) is 0 Å². The van der Waals surface area contributed by atoms with Crippen LogP contribution >= 0.6 is 0 Å². The standard InChI is InChI=1S/C10H21NO/c1-3-10(11-4-2)9-5-7-12-8-6-9/h9-11H,3-8H2,1-2H3. The molecule has 12 heavy (non-hydrogen) atoms. The second kappa shape index (κ2) is 5.55. The lowest BCUT2D eigenvalue weighted by molar-refractivity contribution is 0.0534. The molecule has 0 radical (unpaired) electrons. The molecule has 1 heterocycles. The van der Waals surface area contributed by atoms with E-state index in [0.717, 1.165) is 31.7 Å². The third-order valence-electron chi connectivity index (χ3n) is 2.74. The van der Waals surface area contributed by atoms with Crippen LogP contribution in [0.4, 0.5) is 0 Å². The molecule has 72 valence electrons. The lowest BCUT2D eigenvalue weighted by Crippen LogP contribution is -2.38. The molecule has 0 aromatic heterocycles. The van der Waals surface area contributed by atoms with Crippen LogP contribution in [0.25, 0.3) is 0 Å². The third-order valence-corrected chi connectivity index (χ3v) is 2.74. The molecule has 1 saturated heterocycles. The minimum atomic E-state index is 0.721. The Labute approximate surface area is 75.7 Å². The van der Waals surface area contributed by atoms with E-state index < -0.39 is 0 Å². The summed E-state index contributed by atoms with van der Waals surface area (Å²) in [5.74, 6) is 0.851. The number of rotatable bonds is 4. The second-order valence-electron chi connectivity index (χ2n) is 3.52. The van der Waals surface area contributed by atoms with Crippen molar-refractivity contribution in [2.45, 2.75) is 39.2 Å².